The zero-order valence-corrected chi connectivity index (χ0v) is 19.6. The van der Waals surface area contributed by atoms with E-state index in [1.807, 2.05) is 6.92 Å². The summed E-state index contributed by atoms with van der Waals surface area (Å²) in [5.41, 5.74) is 4.05. The molecule has 0 saturated carbocycles. The number of hydrogen-bond donors (Lipinski definition) is 1. The summed E-state index contributed by atoms with van der Waals surface area (Å²) >= 11 is 0. The fourth-order valence-electron chi connectivity index (χ4n) is 4.40. The van der Waals surface area contributed by atoms with Gasteiger partial charge in [-0.2, -0.15) is 0 Å². The van der Waals surface area contributed by atoms with Gasteiger partial charge in [0.1, 0.15) is 6.54 Å². The van der Waals surface area contributed by atoms with Crippen molar-refractivity contribution in [1.29, 1.82) is 0 Å². The molecule has 8 heteroatoms. The first-order chi connectivity index (χ1) is 15.3. The number of quaternary nitrogens is 1. The summed E-state index contributed by atoms with van der Waals surface area (Å²) in [5.74, 6) is 0.961. The summed E-state index contributed by atoms with van der Waals surface area (Å²) in [6.45, 7) is 12.7. The van der Waals surface area contributed by atoms with Gasteiger partial charge in [0.15, 0.2) is 5.78 Å². The van der Waals surface area contributed by atoms with Crippen LogP contribution < -0.4 is 9.80 Å². The third kappa shape index (κ3) is 4.10. The minimum Gasteiger partial charge on any atom is -0.627 e. The molecule has 4 heterocycles. The maximum atomic E-state index is 13.1. The van der Waals surface area contributed by atoms with Crippen molar-refractivity contribution < 1.29 is 14.6 Å². The summed E-state index contributed by atoms with van der Waals surface area (Å²) in [5, 5.41) is 17.9. The van der Waals surface area contributed by atoms with Gasteiger partial charge in [-0.3, -0.25) is 14.4 Å². The highest BCUT2D eigenvalue weighted by Crippen LogP contribution is 2.34. The molecular formula is C24H33N5O3. The van der Waals surface area contributed by atoms with Gasteiger partial charge in [0.25, 0.3) is 5.82 Å². The first kappa shape index (κ1) is 22.6. The fraction of sp³-hybridized carbons (Fsp3) is 0.542. The number of nitrogens with one attached hydrogen (secondary N) is 1. The number of carbonyl (C=O) groups is 1. The number of hydrogen-bond acceptors (Lipinski definition) is 6. The Morgan fingerprint density at radius 1 is 1.34 bits per heavy atom. The van der Waals surface area contributed by atoms with E-state index in [2.05, 4.69) is 41.4 Å². The van der Waals surface area contributed by atoms with Gasteiger partial charge in [-0.1, -0.05) is 13.8 Å². The third-order valence-electron chi connectivity index (χ3n) is 6.33. The van der Waals surface area contributed by atoms with Crippen LogP contribution >= 0.6 is 0 Å². The molecule has 0 spiro atoms. The van der Waals surface area contributed by atoms with Crippen LogP contribution in [0.3, 0.4) is 0 Å². The SMILES string of the molecule is CCCOc1ncc(C(C)=O)cc1C1=Cc2c(nn(C3CN(C(C)C)C3)c2CC)[NH+]([O-])C1. The second-order valence-electron chi connectivity index (χ2n) is 8.96. The molecule has 0 aliphatic carbocycles. The Bertz CT molecular complexity index is 1040. The van der Waals surface area contributed by atoms with Crippen molar-refractivity contribution >= 4 is 23.3 Å². The van der Waals surface area contributed by atoms with E-state index in [4.69, 9.17) is 9.84 Å². The van der Waals surface area contributed by atoms with Gasteiger partial charge < -0.3 is 15.0 Å². The molecule has 1 saturated heterocycles. The van der Waals surface area contributed by atoms with Crippen molar-refractivity contribution in [2.45, 2.75) is 59.5 Å². The van der Waals surface area contributed by atoms with Crippen molar-refractivity contribution in [3.8, 4) is 5.88 Å². The van der Waals surface area contributed by atoms with Gasteiger partial charge in [-0.05, 0) is 45.8 Å². The lowest BCUT2D eigenvalue weighted by atomic mass is 9.98. The number of hydroxylamine groups is 1. The molecule has 1 N–H and O–H groups in total. The summed E-state index contributed by atoms with van der Waals surface area (Å²) in [6.07, 6.45) is 5.24. The Hall–Kier alpha value is -2.55. The minimum absolute atomic E-state index is 0.000610. The van der Waals surface area contributed by atoms with Gasteiger partial charge in [0.05, 0.1) is 23.9 Å². The topological polar surface area (TPSA) is 87.8 Å². The average molecular weight is 440 g/mol. The zero-order valence-electron chi connectivity index (χ0n) is 19.6. The molecule has 2 aromatic heterocycles. The molecule has 2 aromatic rings. The van der Waals surface area contributed by atoms with Crippen LogP contribution in [-0.4, -0.2) is 57.7 Å². The van der Waals surface area contributed by atoms with E-state index in [1.165, 1.54) is 6.92 Å². The predicted octanol–water partition coefficient (Wildman–Crippen LogP) is 2.67. The van der Waals surface area contributed by atoms with Crippen LogP contribution in [0, 0.1) is 5.21 Å². The second-order valence-corrected chi connectivity index (χ2v) is 8.96. The Balaban J connectivity index is 1.75. The lowest BCUT2D eigenvalue weighted by Crippen LogP contribution is -3.03. The Morgan fingerprint density at radius 3 is 2.72 bits per heavy atom. The first-order valence-electron chi connectivity index (χ1n) is 11.6. The zero-order chi connectivity index (χ0) is 23.0. The van der Waals surface area contributed by atoms with Crippen molar-refractivity contribution in [1.82, 2.24) is 19.7 Å². The molecule has 0 amide bonds. The highest BCUT2D eigenvalue weighted by atomic mass is 16.5. The van der Waals surface area contributed by atoms with E-state index < -0.39 is 0 Å². The quantitative estimate of drug-likeness (QED) is 0.503. The van der Waals surface area contributed by atoms with E-state index in [0.29, 0.717) is 36.0 Å². The molecule has 172 valence electrons. The fourth-order valence-corrected chi connectivity index (χ4v) is 4.40. The molecule has 0 bridgehead atoms. The van der Waals surface area contributed by atoms with Crippen LogP contribution in [0.1, 0.15) is 74.3 Å². The predicted molar refractivity (Wildman–Crippen MR) is 124 cm³/mol. The van der Waals surface area contributed by atoms with Crippen molar-refractivity contribution in [3.63, 3.8) is 0 Å². The van der Waals surface area contributed by atoms with E-state index in [9.17, 15) is 10.0 Å². The molecule has 4 rings (SSSR count). The van der Waals surface area contributed by atoms with Crippen LogP contribution in [0.15, 0.2) is 12.3 Å². The van der Waals surface area contributed by atoms with Gasteiger partial charge in [-0.15, -0.1) is 5.10 Å². The van der Waals surface area contributed by atoms with E-state index in [-0.39, 0.29) is 17.4 Å². The van der Waals surface area contributed by atoms with Crippen LogP contribution in [0.25, 0.3) is 11.6 Å². The Morgan fingerprint density at radius 2 is 2.09 bits per heavy atom. The number of pyridine rings is 1. The van der Waals surface area contributed by atoms with E-state index in [1.54, 1.807) is 12.3 Å². The molecule has 32 heavy (non-hydrogen) atoms. The molecule has 1 fully saturated rings. The summed E-state index contributed by atoms with van der Waals surface area (Å²) in [6, 6.07) is 2.61. The second kappa shape index (κ2) is 9.13. The first-order valence-corrected chi connectivity index (χ1v) is 11.6. The number of aromatic nitrogens is 3. The third-order valence-corrected chi connectivity index (χ3v) is 6.33. The van der Waals surface area contributed by atoms with Crippen molar-refractivity contribution in [3.05, 3.63) is 39.9 Å². The molecular weight excluding hydrogens is 406 g/mol. The largest absolute Gasteiger partial charge is 0.627 e. The van der Waals surface area contributed by atoms with Crippen LogP contribution in [-0.2, 0) is 6.42 Å². The number of Topliss-reactive ketones (excluding diaryl/α,β-unsaturated/α-hetero) is 1. The monoisotopic (exact) mass is 439 g/mol. The molecule has 2 aliphatic heterocycles. The molecule has 8 nitrogen and oxygen atoms in total. The number of carbonyl (C=O) groups excluding carboxylic acids is 1. The normalized spacial score (nSPS) is 19.0. The Kier molecular flexibility index (Phi) is 6.46. The number of likely N-dealkylation sites (tertiary alicyclic amines) is 1. The van der Waals surface area contributed by atoms with Crippen LogP contribution in [0.2, 0.25) is 0 Å². The average Bonchev–Trinajstić information content (AvgIpc) is 3.09. The molecule has 1 unspecified atom stereocenters. The molecule has 1 atom stereocenters. The maximum absolute atomic E-state index is 13.1. The van der Waals surface area contributed by atoms with Crippen molar-refractivity contribution in [2.24, 2.45) is 0 Å². The van der Waals surface area contributed by atoms with E-state index in [0.717, 1.165) is 48.3 Å². The molecule has 2 aliphatic rings. The van der Waals surface area contributed by atoms with E-state index >= 15 is 0 Å². The molecule has 0 aromatic carbocycles. The summed E-state index contributed by atoms with van der Waals surface area (Å²) < 4.78 is 7.93. The highest BCUT2D eigenvalue weighted by molar-refractivity contribution is 5.96. The number of ether oxygens (including phenoxy) is 1. The smallest absolute Gasteiger partial charge is 0.252 e. The van der Waals surface area contributed by atoms with Crippen LogP contribution in [0.5, 0.6) is 5.88 Å². The number of ketones is 1. The summed E-state index contributed by atoms with van der Waals surface area (Å²) in [7, 11) is 0. The minimum atomic E-state index is -0.0639. The lowest BCUT2D eigenvalue weighted by molar-refractivity contribution is -0.770. The van der Waals surface area contributed by atoms with Gasteiger partial charge >= 0.3 is 0 Å². The van der Waals surface area contributed by atoms with Gasteiger partial charge in [-0.25, -0.2) is 4.98 Å². The van der Waals surface area contributed by atoms with Gasteiger partial charge in [0, 0.05) is 42.0 Å². The summed E-state index contributed by atoms with van der Waals surface area (Å²) in [4.78, 5) is 18.8. The highest BCUT2D eigenvalue weighted by Gasteiger charge is 2.35. The number of rotatable bonds is 8. The number of nitrogens with zero attached hydrogens (tertiary/aromatic N) is 4. The number of fused-ring (bicyclic) bond motifs is 1. The van der Waals surface area contributed by atoms with Crippen LogP contribution in [0.4, 0.5) is 5.82 Å². The molecule has 0 radical (unpaired) electrons. The standard InChI is InChI=1S/C24H33N5O3/c1-6-8-32-24-20(9-17(11-25-24)16(5)30)18-10-21-22(7-2)29(26-23(21)28(31)12-18)19-13-27(14-19)15(3)4/h9-11,15,19,28H,6-8,12-14H2,1-5H3. The van der Waals surface area contributed by atoms with Gasteiger partial charge in [0.2, 0.25) is 5.88 Å². The lowest BCUT2D eigenvalue weighted by Gasteiger charge is -2.42. The maximum Gasteiger partial charge on any atom is 0.252 e. The van der Waals surface area contributed by atoms with Crippen molar-refractivity contribution in [2.75, 3.05) is 26.2 Å². The Labute approximate surface area is 189 Å².